The first-order valence-electron chi connectivity index (χ1n) is 15.4. The monoisotopic (exact) mass is 770 g/mol. The van der Waals surface area contributed by atoms with Crippen LogP contribution in [0.25, 0.3) is 21.5 Å². The van der Waals surface area contributed by atoms with Crippen LogP contribution in [0.1, 0.15) is 20.7 Å². The van der Waals surface area contributed by atoms with Gasteiger partial charge in [0, 0.05) is 33.3 Å². The number of phenols is 2. The van der Waals surface area contributed by atoms with Gasteiger partial charge in [-0.3, -0.25) is 28.3 Å². The molecule has 0 fully saturated rings. The molecule has 0 aliphatic rings. The highest BCUT2D eigenvalue weighted by atomic mass is 32.2. The van der Waals surface area contributed by atoms with Crippen molar-refractivity contribution in [3.05, 3.63) is 120 Å². The number of amides is 4. The summed E-state index contributed by atoms with van der Waals surface area (Å²) in [5, 5.41) is 31.8. The molecule has 0 saturated carbocycles. The standard InChI is InChI=1S/C36H26N4O12S2/c41-29-15-7-19-5-13-25(53(47,48)49)17-27(19)31(29)39-33(43)21-1-9-23(10-2-21)37-35(45)36(46)38-24-11-3-22(4-12-24)34(44)40-32-28-18-26(54(50,51)52)14-6-20(28)8-16-30(32)42/h1-18,41-42H,(H,37,45)(H,38,46)(H,39,43)(H,40,44)(H,47,48,49)(H,50,51,52). The van der Waals surface area contributed by atoms with Crippen molar-refractivity contribution in [1.82, 2.24) is 0 Å². The van der Waals surface area contributed by atoms with Crippen molar-refractivity contribution in [2.24, 2.45) is 0 Å². The molecule has 274 valence electrons. The molecular weight excluding hydrogens is 745 g/mol. The van der Waals surface area contributed by atoms with Crippen LogP contribution in [-0.4, -0.2) is 59.8 Å². The second-order valence-electron chi connectivity index (χ2n) is 11.6. The summed E-state index contributed by atoms with van der Waals surface area (Å²) in [6.45, 7) is 0. The predicted molar refractivity (Wildman–Crippen MR) is 197 cm³/mol. The Bertz CT molecular complexity index is 2560. The van der Waals surface area contributed by atoms with E-state index in [4.69, 9.17) is 0 Å². The number of carbonyl (C=O) groups excluding carboxylic acids is 4. The number of nitrogens with one attached hydrogen (secondary N) is 4. The Morgan fingerprint density at radius 2 is 0.778 bits per heavy atom. The minimum atomic E-state index is -4.57. The fourth-order valence-corrected chi connectivity index (χ4v) is 6.33. The van der Waals surface area contributed by atoms with Crippen LogP contribution in [0.3, 0.4) is 0 Å². The van der Waals surface area contributed by atoms with Crippen LogP contribution in [0.15, 0.2) is 119 Å². The van der Waals surface area contributed by atoms with Gasteiger partial charge in [-0.25, -0.2) is 0 Å². The smallest absolute Gasteiger partial charge is 0.314 e. The fourth-order valence-electron chi connectivity index (χ4n) is 5.32. The molecule has 0 unspecified atom stereocenters. The normalized spacial score (nSPS) is 11.5. The van der Waals surface area contributed by atoms with Gasteiger partial charge in [-0.2, -0.15) is 16.8 Å². The Morgan fingerprint density at radius 1 is 0.444 bits per heavy atom. The summed E-state index contributed by atoms with van der Waals surface area (Å²) in [6.07, 6.45) is 0. The first kappa shape index (κ1) is 36.9. The number of benzene rings is 6. The van der Waals surface area contributed by atoms with Crippen LogP contribution in [0.2, 0.25) is 0 Å². The molecule has 54 heavy (non-hydrogen) atoms. The van der Waals surface area contributed by atoms with E-state index in [1.807, 2.05) is 0 Å². The Morgan fingerprint density at radius 3 is 1.11 bits per heavy atom. The molecular formula is C36H26N4O12S2. The summed E-state index contributed by atoms with van der Waals surface area (Å²) in [7, 11) is -9.13. The molecule has 8 N–H and O–H groups in total. The van der Waals surface area contributed by atoms with Crippen LogP contribution in [0, 0.1) is 0 Å². The molecule has 6 rings (SSSR count). The van der Waals surface area contributed by atoms with Gasteiger partial charge in [-0.05, 0) is 95.7 Å². The van der Waals surface area contributed by atoms with Crippen molar-refractivity contribution < 1.29 is 55.3 Å². The van der Waals surface area contributed by atoms with Gasteiger partial charge in [0.2, 0.25) is 0 Å². The minimum absolute atomic E-state index is 0.0717. The maximum absolute atomic E-state index is 13.0. The molecule has 0 aliphatic carbocycles. The van der Waals surface area contributed by atoms with Gasteiger partial charge in [0.1, 0.15) is 11.5 Å². The van der Waals surface area contributed by atoms with Gasteiger partial charge in [-0.1, -0.05) is 24.3 Å². The Balaban J connectivity index is 1.08. The van der Waals surface area contributed by atoms with E-state index in [1.54, 1.807) is 0 Å². The number of fused-ring (bicyclic) bond motifs is 2. The van der Waals surface area contributed by atoms with Gasteiger partial charge in [0.05, 0.1) is 21.2 Å². The summed E-state index contributed by atoms with van der Waals surface area (Å²) in [6, 6.07) is 23.6. The van der Waals surface area contributed by atoms with Crippen LogP contribution < -0.4 is 21.3 Å². The highest BCUT2D eigenvalue weighted by Gasteiger charge is 2.19. The summed E-state index contributed by atoms with van der Waals surface area (Å²) < 4.78 is 65.3. The van der Waals surface area contributed by atoms with Gasteiger partial charge >= 0.3 is 11.8 Å². The molecule has 6 aromatic carbocycles. The number of hydrogen-bond acceptors (Lipinski definition) is 10. The van der Waals surface area contributed by atoms with E-state index in [2.05, 4.69) is 21.3 Å². The lowest BCUT2D eigenvalue weighted by Crippen LogP contribution is -2.29. The predicted octanol–water partition coefficient (Wildman–Crippen LogP) is 4.98. The maximum atomic E-state index is 13.0. The van der Waals surface area contributed by atoms with E-state index in [0.717, 1.165) is 12.1 Å². The number of aromatic hydroxyl groups is 2. The average Bonchev–Trinajstić information content (AvgIpc) is 3.13. The molecule has 0 aliphatic heterocycles. The van der Waals surface area contributed by atoms with Crippen molar-refractivity contribution in [3.63, 3.8) is 0 Å². The largest absolute Gasteiger partial charge is 0.506 e. The summed E-state index contributed by atoms with van der Waals surface area (Å²) >= 11 is 0. The van der Waals surface area contributed by atoms with Crippen molar-refractivity contribution in [2.75, 3.05) is 21.3 Å². The van der Waals surface area contributed by atoms with Gasteiger partial charge in [-0.15, -0.1) is 0 Å². The summed E-state index contributed by atoms with van der Waals surface area (Å²) in [5.74, 6) is -4.28. The lowest BCUT2D eigenvalue weighted by molar-refractivity contribution is -0.132. The molecule has 0 aromatic heterocycles. The highest BCUT2D eigenvalue weighted by Crippen LogP contribution is 2.36. The van der Waals surface area contributed by atoms with Gasteiger partial charge in [0.15, 0.2) is 0 Å². The molecule has 16 nitrogen and oxygen atoms in total. The number of carbonyl (C=O) groups is 4. The van der Waals surface area contributed by atoms with E-state index in [0.29, 0.717) is 10.8 Å². The van der Waals surface area contributed by atoms with Gasteiger partial charge < -0.3 is 31.5 Å². The molecule has 4 amide bonds. The van der Waals surface area contributed by atoms with E-state index >= 15 is 0 Å². The van der Waals surface area contributed by atoms with Crippen molar-refractivity contribution >= 4 is 88.2 Å². The molecule has 0 heterocycles. The zero-order valence-electron chi connectivity index (χ0n) is 27.3. The van der Waals surface area contributed by atoms with E-state index in [9.17, 15) is 55.3 Å². The third-order valence-electron chi connectivity index (χ3n) is 8.03. The number of anilines is 4. The van der Waals surface area contributed by atoms with Crippen molar-refractivity contribution in [2.45, 2.75) is 9.79 Å². The molecule has 0 bridgehead atoms. The van der Waals surface area contributed by atoms with Crippen molar-refractivity contribution in [3.8, 4) is 11.5 Å². The van der Waals surface area contributed by atoms with Crippen LogP contribution >= 0.6 is 0 Å². The Hall–Kier alpha value is -6.86. The fraction of sp³-hybridized carbons (Fsp3) is 0. The topological polar surface area (TPSA) is 266 Å². The Kier molecular flexibility index (Phi) is 9.76. The van der Waals surface area contributed by atoms with Gasteiger partial charge in [0.25, 0.3) is 32.1 Å². The maximum Gasteiger partial charge on any atom is 0.314 e. The zero-order chi connectivity index (χ0) is 38.9. The third kappa shape index (κ3) is 7.96. The number of phenolic OH excluding ortho intramolecular Hbond substituents is 2. The summed E-state index contributed by atoms with van der Waals surface area (Å²) in [4.78, 5) is 50.3. The minimum Gasteiger partial charge on any atom is -0.506 e. The second-order valence-corrected chi connectivity index (χ2v) is 14.4. The highest BCUT2D eigenvalue weighted by molar-refractivity contribution is 7.86. The molecule has 0 saturated heterocycles. The molecule has 0 radical (unpaired) electrons. The van der Waals surface area contributed by atoms with E-state index in [-0.39, 0.29) is 56.1 Å². The van der Waals surface area contributed by atoms with E-state index < -0.39 is 53.7 Å². The van der Waals surface area contributed by atoms with Crippen LogP contribution in [-0.2, 0) is 29.8 Å². The van der Waals surface area contributed by atoms with Crippen LogP contribution in [0.5, 0.6) is 11.5 Å². The van der Waals surface area contributed by atoms with E-state index in [1.165, 1.54) is 97.1 Å². The first-order chi connectivity index (χ1) is 25.5. The Labute approximate surface area is 305 Å². The van der Waals surface area contributed by atoms with Crippen molar-refractivity contribution in [1.29, 1.82) is 0 Å². The SMILES string of the molecule is O=C(Nc1ccc(C(=O)Nc2c(O)ccc3ccc(S(=O)(=O)O)cc23)cc1)C(=O)Nc1ccc(C(=O)Nc2c(O)ccc3ccc(S(=O)(=O)O)cc23)cc1. The number of hydrogen-bond donors (Lipinski definition) is 8. The average molecular weight is 771 g/mol. The lowest BCUT2D eigenvalue weighted by atomic mass is 10.1. The molecule has 18 heteroatoms. The second kappa shape index (κ2) is 14.3. The molecule has 6 aromatic rings. The lowest BCUT2D eigenvalue weighted by Gasteiger charge is -2.13. The molecule has 0 atom stereocenters. The third-order valence-corrected chi connectivity index (χ3v) is 9.73. The van der Waals surface area contributed by atoms with Crippen LogP contribution in [0.4, 0.5) is 22.7 Å². The number of rotatable bonds is 8. The summed E-state index contributed by atoms with van der Waals surface area (Å²) in [5.41, 5.74) is 0.220. The molecule has 0 spiro atoms. The zero-order valence-corrected chi connectivity index (χ0v) is 28.9. The quantitative estimate of drug-likeness (QED) is 0.0579. The first-order valence-corrected chi connectivity index (χ1v) is 18.3.